The molecule has 0 aliphatic heterocycles. The first-order valence-corrected chi connectivity index (χ1v) is 7.03. The highest BCUT2D eigenvalue weighted by molar-refractivity contribution is 5.34. The van der Waals surface area contributed by atoms with E-state index in [2.05, 4.69) is 44.3 Å². The van der Waals surface area contributed by atoms with Crippen LogP contribution in [-0.4, -0.2) is 12.6 Å². The number of aryl methyl sites for hydroxylation is 2. The SMILES string of the molecule is CCCNC1CCCC1c1ccc(C)cc1C. The zero-order valence-electron chi connectivity index (χ0n) is 11.4. The van der Waals surface area contributed by atoms with E-state index in [1.807, 2.05) is 0 Å². The number of hydrogen-bond donors (Lipinski definition) is 1. The van der Waals surface area contributed by atoms with Crippen molar-refractivity contribution >= 4 is 0 Å². The van der Waals surface area contributed by atoms with Crippen LogP contribution in [0.3, 0.4) is 0 Å². The summed E-state index contributed by atoms with van der Waals surface area (Å²) < 4.78 is 0. The molecule has 1 fully saturated rings. The average molecular weight is 231 g/mol. The van der Waals surface area contributed by atoms with E-state index in [-0.39, 0.29) is 0 Å². The molecule has 0 heterocycles. The Kier molecular flexibility index (Phi) is 4.22. The van der Waals surface area contributed by atoms with Crippen molar-refractivity contribution in [2.24, 2.45) is 0 Å². The fourth-order valence-electron chi connectivity index (χ4n) is 3.15. The smallest absolute Gasteiger partial charge is 0.0136 e. The molecule has 0 saturated heterocycles. The Morgan fingerprint density at radius 3 is 2.76 bits per heavy atom. The van der Waals surface area contributed by atoms with E-state index in [1.54, 1.807) is 5.56 Å². The first-order chi connectivity index (χ1) is 8.22. The summed E-state index contributed by atoms with van der Waals surface area (Å²) in [6, 6.07) is 7.64. The molecule has 17 heavy (non-hydrogen) atoms. The monoisotopic (exact) mass is 231 g/mol. The van der Waals surface area contributed by atoms with Crippen molar-refractivity contribution in [1.82, 2.24) is 5.32 Å². The Morgan fingerprint density at radius 1 is 1.24 bits per heavy atom. The van der Waals surface area contributed by atoms with Gasteiger partial charge in [0.25, 0.3) is 0 Å². The molecule has 0 amide bonds. The van der Waals surface area contributed by atoms with Crippen LogP contribution in [0.4, 0.5) is 0 Å². The van der Waals surface area contributed by atoms with E-state index in [4.69, 9.17) is 0 Å². The van der Waals surface area contributed by atoms with Gasteiger partial charge in [-0.2, -0.15) is 0 Å². The van der Waals surface area contributed by atoms with E-state index in [0.29, 0.717) is 6.04 Å². The van der Waals surface area contributed by atoms with Gasteiger partial charge in [-0.15, -0.1) is 0 Å². The molecule has 2 atom stereocenters. The van der Waals surface area contributed by atoms with Gasteiger partial charge in [-0.05, 0) is 56.7 Å². The zero-order valence-corrected chi connectivity index (χ0v) is 11.4. The Balaban J connectivity index is 2.14. The third-order valence-electron chi connectivity index (χ3n) is 4.00. The van der Waals surface area contributed by atoms with Crippen LogP contribution in [0.1, 0.15) is 55.2 Å². The minimum absolute atomic E-state index is 0.705. The van der Waals surface area contributed by atoms with Crippen LogP contribution < -0.4 is 5.32 Å². The van der Waals surface area contributed by atoms with Crippen LogP contribution in [0.2, 0.25) is 0 Å². The maximum Gasteiger partial charge on any atom is 0.0136 e. The molecule has 1 heteroatoms. The fraction of sp³-hybridized carbons (Fsp3) is 0.625. The summed E-state index contributed by atoms with van der Waals surface area (Å²) in [5, 5.41) is 3.72. The maximum atomic E-state index is 3.72. The molecule has 1 aliphatic carbocycles. The molecule has 1 aliphatic rings. The van der Waals surface area contributed by atoms with Crippen molar-refractivity contribution in [2.75, 3.05) is 6.54 Å². The molecule has 1 nitrogen and oxygen atoms in total. The van der Waals surface area contributed by atoms with Gasteiger partial charge in [0.05, 0.1) is 0 Å². The average Bonchev–Trinajstić information content (AvgIpc) is 2.74. The van der Waals surface area contributed by atoms with E-state index >= 15 is 0 Å². The first kappa shape index (κ1) is 12.6. The maximum absolute atomic E-state index is 3.72. The summed E-state index contributed by atoms with van der Waals surface area (Å²) in [5.41, 5.74) is 4.42. The van der Waals surface area contributed by atoms with Crippen molar-refractivity contribution in [3.63, 3.8) is 0 Å². The van der Waals surface area contributed by atoms with Crippen LogP contribution in [-0.2, 0) is 0 Å². The Hall–Kier alpha value is -0.820. The fourth-order valence-corrected chi connectivity index (χ4v) is 3.15. The molecule has 1 aromatic rings. The lowest BCUT2D eigenvalue weighted by molar-refractivity contribution is 0.478. The van der Waals surface area contributed by atoms with E-state index in [9.17, 15) is 0 Å². The van der Waals surface area contributed by atoms with Crippen molar-refractivity contribution < 1.29 is 0 Å². The number of rotatable bonds is 4. The van der Waals surface area contributed by atoms with E-state index in [1.165, 1.54) is 36.8 Å². The molecule has 1 aromatic carbocycles. The van der Waals surface area contributed by atoms with Crippen molar-refractivity contribution in [2.45, 2.75) is 58.4 Å². The van der Waals surface area contributed by atoms with Gasteiger partial charge in [0.1, 0.15) is 0 Å². The number of nitrogens with one attached hydrogen (secondary N) is 1. The van der Waals surface area contributed by atoms with Crippen molar-refractivity contribution in [1.29, 1.82) is 0 Å². The second-order valence-corrected chi connectivity index (χ2v) is 5.46. The summed E-state index contributed by atoms with van der Waals surface area (Å²) in [6.07, 6.45) is 5.30. The first-order valence-electron chi connectivity index (χ1n) is 7.03. The van der Waals surface area contributed by atoms with Crippen LogP contribution >= 0.6 is 0 Å². The minimum atomic E-state index is 0.705. The normalized spacial score (nSPS) is 24.2. The van der Waals surface area contributed by atoms with Gasteiger partial charge >= 0.3 is 0 Å². The lowest BCUT2D eigenvalue weighted by Crippen LogP contribution is -2.32. The van der Waals surface area contributed by atoms with Gasteiger partial charge in [-0.25, -0.2) is 0 Å². The predicted molar refractivity (Wildman–Crippen MR) is 74.6 cm³/mol. The highest BCUT2D eigenvalue weighted by atomic mass is 14.9. The number of benzene rings is 1. The quantitative estimate of drug-likeness (QED) is 0.827. The molecular formula is C16H25N. The Bertz CT molecular complexity index is 370. The third kappa shape index (κ3) is 2.90. The van der Waals surface area contributed by atoms with Crippen LogP contribution in [0.15, 0.2) is 18.2 Å². The van der Waals surface area contributed by atoms with Gasteiger partial charge in [0.15, 0.2) is 0 Å². The van der Waals surface area contributed by atoms with Gasteiger partial charge in [-0.3, -0.25) is 0 Å². The van der Waals surface area contributed by atoms with Gasteiger partial charge < -0.3 is 5.32 Å². The lowest BCUT2D eigenvalue weighted by atomic mass is 9.89. The molecule has 1 saturated carbocycles. The van der Waals surface area contributed by atoms with Crippen molar-refractivity contribution in [3.05, 3.63) is 34.9 Å². The molecule has 2 rings (SSSR count). The minimum Gasteiger partial charge on any atom is -0.313 e. The summed E-state index contributed by atoms with van der Waals surface area (Å²) >= 11 is 0. The molecule has 0 spiro atoms. The highest BCUT2D eigenvalue weighted by Gasteiger charge is 2.28. The molecule has 0 aromatic heterocycles. The van der Waals surface area contributed by atoms with Gasteiger partial charge in [0.2, 0.25) is 0 Å². The number of hydrogen-bond acceptors (Lipinski definition) is 1. The van der Waals surface area contributed by atoms with Gasteiger partial charge in [-0.1, -0.05) is 37.1 Å². The van der Waals surface area contributed by atoms with Crippen molar-refractivity contribution in [3.8, 4) is 0 Å². The summed E-state index contributed by atoms with van der Waals surface area (Å²) in [7, 11) is 0. The molecular weight excluding hydrogens is 206 g/mol. The lowest BCUT2D eigenvalue weighted by Gasteiger charge is -2.23. The molecule has 0 bridgehead atoms. The Labute approximate surface area is 106 Å². The zero-order chi connectivity index (χ0) is 12.3. The molecule has 94 valence electrons. The molecule has 0 radical (unpaired) electrons. The molecule has 1 N–H and O–H groups in total. The van der Waals surface area contributed by atoms with E-state index < -0.39 is 0 Å². The van der Waals surface area contributed by atoms with Crippen LogP contribution in [0, 0.1) is 13.8 Å². The summed E-state index contributed by atoms with van der Waals surface area (Å²) in [6.45, 7) is 7.84. The highest BCUT2D eigenvalue weighted by Crippen LogP contribution is 2.36. The standard InChI is InChI=1S/C16H25N/c1-4-10-17-16-7-5-6-15(16)14-9-8-12(2)11-13(14)3/h8-9,11,15-17H,4-7,10H2,1-3H3. The predicted octanol–water partition coefficient (Wildman–Crippen LogP) is 3.94. The summed E-state index contributed by atoms with van der Waals surface area (Å²) in [4.78, 5) is 0. The summed E-state index contributed by atoms with van der Waals surface area (Å²) in [5.74, 6) is 0.738. The second kappa shape index (κ2) is 5.68. The van der Waals surface area contributed by atoms with Gasteiger partial charge in [0, 0.05) is 6.04 Å². The van der Waals surface area contributed by atoms with E-state index in [0.717, 1.165) is 12.5 Å². The topological polar surface area (TPSA) is 12.0 Å². The largest absolute Gasteiger partial charge is 0.313 e. The van der Waals surface area contributed by atoms with Crippen LogP contribution in [0.5, 0.6) is 0 Å². The third-order valence-corrected chi connectivity index (χ3v) is 4.00. The Morgan fingerprint density at radius 2 is 2.06 bits per heavy atom. The van der Waals surface area contributed by atoms with Crippen LogP contribution in [0.25, 0.3) is 0 Å². The molecule has 2 unspecified atom stereocenters. The second-order valence-electron chi connectivity index (χ2n) is 5.46.